The summed E-state index contributed by atoms with van der Waals surface area (Å²) in [5.41, 5.74) is 1.99. The van der Waals surface area contributed by atoms with Crippen LogP contribution < -0.4 is 5.32 Å². The number of benzene rings is 1. The minimum Gasteiger partial charge on any atom is -0.361 e. The maximum Gasteiger partial charge on any atom is 0.325 e. The van der Waals surface area contributed by atoms with E-state index in [1.54, 1.807) is 0 Å². The number of carbonyl (C=O) groups is 2. The maximum atomic E-state index is 12.6. The van der Waals surface area contributed by atoms with Crippen LogP contribution in [-0.4, -0.2) is 38.0 Å². The van der Waals surface area contributed by atoms with Crippen molar-refractivity contribution in [3.63, 3.8) is 0 Å². The smallest absolute Gasteiger partial charge is 0.325 e. The summed E-state index contributed by atoms with van der Waals surface area (Å²) in [6.07, 6.45) is 2.91. The van der Waals surface area contributed by atoms with Gasteiger partial charge in [0.2, 0.25) is 5.89 Å². The van der Waals surface area contributed by atoms with Crippen molar-refractivity contribution in [3.8, 4) is 0 Å². The van der Waals surface area contributed by atoms with E-state index in [-0.39, 0.29) is 12.5 Å². The van der Waals surface area contributed by atoms with Gasteiger partial charge in [0.15, 0.2) is 5.82 Å². The largest absolute Gasteiger partial charge is 0.361 e. The topological polar surface area (TPSA) is 104 Å². The summed E-state index contributed by atoms with van der Waals surface area (Å²) in [7, 11) is 0. The molecule has 0 radical (unpaired) electrons. The summed E-state index contributed by atoms with van der Waals surface area (Å²) in [6, 6.07) is 6.83. The monoisotopic (exact) mass is 339 g/mol. The van der Waals surface area contributed by atoms with E-state index >= 15 is 0 Å². The molecule has 0 spiro atoms. The van der Waals surface area contributed by atoms with Crippen LogP contribution in [0.5, 0.6) is 0 Å². The van der Waals surface area contributed by atoms with E-state index in [0.29, 0.717) is 24.6 Å². The minimum absolute atomic E-state index is 0.0125. The zero-order chi connectivity index (χ0) is 17.4. The van der Waals surface area contributed by atoms with Crippen LogP contribution in [0.4, 0.5) is 4.79 Å². The highest BCUT2D eigenvalue weighted by Crippen LogP contribution is 2.21. The molecule has 3 heterocycles. The molecule has 0 aliphatic carbocycles. The number of urea groups is 1. The molecule has 128 valence electrons. The molecule has 0 saturated carbocycles. The number of aromatic nitrogens is 3. The first-order chi connectivity index (χ1) is 12.2. The van der Waals surface area contributed by atoms with Gasteiger partial charge in [-0.25, -0.2) is 4.79 Å². The molecule has 1 unspecified atom stereocenters. The number of hydrogen-bond donors (Lipinski definition) is 2. The summed E-state index contributed by atoms with van der Waals surface area (Å²) in [4.78, 5) is 33.2. The molecular weight excluding hydrogens is 322 g/mol. The number of imide groups is 1. The predicted octanol–water partition coefficient (Wildman–Crippen LogP) is 1.78. The summed E-state index contributed by atoms with van der Waals surface area (Å²) in [6.45, 7) is 1.90. The third kappa shape index (κ3) is 2.75. The van der Waals surface area contributed by atoms with Crippen molar-refractivity contribution in [1.29, 1.82) is 0 Å². The third-order valence-corrected chi connectivity index (χ3v) is 4.32. The molecule has 1 aromatic carbocycles. The van der Waals surface area contributed by atoms with E-state index in [9.17, 15) is 9.59 Å². The number of aromatic amines is 1. The van der Waals surface area contributed by atoms with Gasteiger partial charge in [-0.1, -0.05) is 30.3 Å². The number of para-hydroxylation sites is 1. The Balaban J connectivity index is 1.50. The first kappa shape index (κ1) is 15.4. The van der Waals surface area contributed by atoms with E-state index in [1.165, 1.54) is 0 Å². The molecule has 1 aliphatic heterocycles. The summed E-state index contributed by atoms with van der Waals surface area (Å²) >= 11 is 0. The van der Waals surface area contributed by atoms with Crippen molar-refractivity contribution in [3.05, 3.63) is 47.7 Å². The second-order valence-corrected chi connectivity index (χ2v) is 5.95. The van der Waals surface area contributed by atoms with E-state index in [1.807, 2.05) is 37.4 Å². The number of nitrogens with zero attached hydrogens (tertiary/aromatic N) is 3. The van der Waals surface area contributed by atoms with Gasteiger partial charge in [0.1, 0.15) is 6.04 Å². The molecule has 3 aromatic rings. The van der Waals surface area contributed by atoms with Gasteiger partial charge in [0, 0.05) is 29.9 Å². The Labute approximate surface area is 143 Å². The van der Waals surface area contributed by atoms with Crippen molar-refractivity contribution < 1.29 is 14.1 Å². The summed E-state index contributed by atoms with van der Waals surface area (Å²) in [5, 5.41) is 7.58. The zero-order valence-corrected chi connectivity index (χ0v) is 13.7. The van der Waals surface area contributed by atoms with Crippen LogP contribution in [0.2, 0.25) is 0 Å². The van der Waals surface area contributed by atoms with Crippen molar-refractivity contribution in [2.75, 3.05) is 0 Å². The molecule has 8 nitrogen and oxygen atoms in total. The van der Waals surface area contributed by atoms with Crippen LogP contribution in [0.15, 0.2) is 35.0 Å². The fourth-order valence-electron chi connectivity index (χ4n) is 3.02. The second kappa shape index (κ2) is 6.04. The molecule has 2 aromatic heterocycles. The number of H-pyrrole nitrogens is 1. The highest BCUT2D eigenvalue weighted by Gasteiger charge is 2.38. The quantitative estimate of drug-likeness (QED) is 0.690. The van der Waals surface area contributed by atoms with E-state index in [2.05, 4.69) is 20.4 Å². The highest BCUT2D eigenvalue weighted by molar-refractivity contribution is 6.04. The van der Waals surface area contributed by atoms with Crippen LogP contribution in [-0.2, 0) is 24.2 Å². The van der Waals surface area contributed by atoms with Crippen LogP contribution in [0, 0.1) is 0 Å². The van der Waals surface area contributed by atoms with E-state index in [0.717, 1.165) is 21.4 Å². The molecule has 0 bridgehead atoms. The van der Waals surface area contributed by atoms with Crippen molar-refractivity contribution >= 4 is 22.8 Å². The number of carbonyl (C=O) groups excluding carboxylic acids is 2. The first-order valence-corrected chi connectivity index (χ1v) is 8.14. The Morgan fingerprint density at radius 3 is 2.92 bits per heavy atom. The van der Waals surface area contributed by atoms with Crippen LogP contribution in [0.25, 0.3) is 10.9 Å². The van der Waals surface area contributed by atoms with Gasteiger partial charge in [0.25, 0.3) is 5.91 Å². The molecule has 2 N–H and O–H groups in total. The number of aryl methyl sites for hydroxylation is 1. The minimum atomic E-state index is -0.593. The molecule has 1 fully saturated rings. The van der Waals surface area contributed by atoms with E-state index < -0.39 is 12.1 Å². The lowest BCUT2D eigenvalue weighted by Crippen LogP contribution is -2.32. The standard InChI is InChI=1S/C17H17N5O3/c1-2-15-20-14(21-25-15)9-22-16(23)13(19-17(22)24)7-10-8-18-12-6-4-3-5-11(10)12/h3-6,8,13,18H,2,7,9H2,1H3,(H,19,24). The molecule has 4 rings (SSSR count). The van der Waals surface area contributed by atoms with Crippen molar-refractivity contribution in [2.24, 2.45) is 0 Å². The summed E-state index contributed by atoms with van der Waals surface area (Å²) in [5.74, 6) is 0.531. The lowest BCUT2D eigenvalue weighted by Gasteiger charge is -2.10. The normalized spacial score (nSPS) is 17.5. The Morgan fingerprint density at radius 1 is 1.28 bits per heavy atom. The Bertz CT molecular complexity index is 945. The Hall–Kier alpha value is -3.16. The lowest BCUT2D eigenvalue weighted by molar-refractivity contribution is -0.127. The Morgan fingerprint density at radius 2 is 2.12 bits per heavy atom. The van der Waals surface area contributed by atoms with Gasteiger partial charge in [-0.2, -0.15) is 4.98 Å². The number of hydrogen-bond acceptors (Lipinski definition) is 5. The number of nitrogens with one attached hydrogen (secondary N) is 2. The average molecular weight is 339 g/mol. The zero-order valence-electron chi connectivity index (χ0n) is 13.7. The van der Waals surface area contributed by atoms with Gasteiger partial charge < -0.3 is 14.8 Å². The van der Waals surface area contributed by atoms with Crippen LogP contribution >= 0.6 is 0 Å². The number of rotatable bonds is 5. The molecular formula is C17H17N5O3. The molecule has 1 saturated heterocycles. The van der Waals surface area contributed by atoms with Crippen molar-refractivity contribution in [1.82, 2.24) is 25.3 Å². The SMILES string of the molecule is CCc1nc(CN2C(=O)NC(Cc3c[nH]c4ccccc34)C2=O)no1. The molecule has 1 aliphatic rings. The van der Waals surface area contributed by atoms with Gasteiger partial charge in [-0.3, -0.25) is 9.69 Å². The summed E-state index contributed by atoms with van der Waals surface area (Å²) < 4.78 is 5.02. The molecule has 1 atom stereocenters. The van der Waals surface area contributed by atoms with Crippen LogP contribution in [0.3, 0.4) is 0 Å². The fraction of sp³-hybridized carbons (Fsp3) is 0.294. The number of amides is 3. The molecule has 8 heteroatoms. The van der Waals surface area contributed by atoms with Crippen LogP contribution in [0.1, 0.15) is 24.2 Å². The van der Waals surface area contributed by atoms with Crippen molar-refractivity contribution in [2.45, 2.75) is 32.4 Å². The van der Waals surface area contributed by atoms with Gasteiger partial charge in [0.05, 0.1) is 6.54 Å². The third-order valence-electron chi connectivity index (χ3n) is 4.32. The second-order valence-electron chi connectivity index (χ2n) is 5.95. The average Bonchev–Trinajstić information content (AvgIpc) is 3.31. The van der Waals surface area contributed by atoms with Gasteiger partial charge >= 0.3 is 6.03 Å². The lowest BCUT2D eigenvalue weighted by atomic mass is 10.1. The van der Waals surface area contributed by atoms with E-state index in [4.69, 9.17) is 4.52 Å². The fourth-order valence-corrected chi connectivity index (χ4v) is 3.02. The van der Waals surface area contributed by atoms with Gasteiger partial charge in [-0.05, 0) is 11.6 Å². The number of fused-ring (bicyclic) bond motifs is 1. The molecule has 3 amide bonds. The Kier molecular flexibility index (Phi) is 3.72. The highest BCUT2D eigenvalue weighted by atomic mass is 16.5. The predicted molar refractivity (Wildman–Crippen MR) is 88.5 cm³/mol. The molecule has 25 heavy (non-hydrogen) atoms. The van der Waals surface area contributed by atoms with Gasteiger partial charge in [-0.15, -0.1) is 0 Å². The maximum absolute atomic E-state index is 12.6. The first-order valence-electron chi connectivity index (χ1n) is 8.14.